The number of hydrogen-bond donors (Lipinski definition) is 0. The van der Waals surface area contributed by atoms with Gasteiger partial charge in [-0.15, -0.1) is 0 Å². The predicted octanol–water partition coefficient (Wildman–Crippen LogP) is 7.02. The number of aryl methyl sites for hydroxylation is 8. The zero-order chi connectivity index (χ0) is 46.3. The van der Waals surface area contributed by atoms with Crippen LogP contribution in [-0.4, -0.2) is 13.4 Å². The van der Waals surface area contributed by atoms with E-state index in [4.69, 9.17) is 16.4 Å². The Morgan fingerprint density at radius 2 is 0.885 bits per heavy atom. The second-order valence-electron chi connectivity index (χ2n) is 14.1. The summed E-state index contributed by atoms with van der Waals surface area (Å²) in [6.07, 6.45) is 1.61. The minimum Gasteiger partial charge on any atom is -0.201 e. The van der Waals surface area contributed by atoms with E-state index in [2.05, 4.69) is 0 Å². The van der Waals surface area contributed by atoms with Crippen molar-refractivity contribution in [1.29, 1.82) is 0 Å². The van der Waals surface area contributed by atoms with Crippen LogP contribution in [0.2, 0.25) is 0 Å². The number of hydrogen-bond acceptors (Lipinski definition) is 0. The molecule has 52 heavy (non-hydrogen) atoms. The van der Waals surface area contributed by atoms with E-state index in [9.17, 15) is 0 Å². The fourth-order valence-corrected chi connectivity index (χ4v) is 8.27. The largest absolute Gasteiger partial charge is 0.240 e. The molecule has 0 amide bonds. The molecule has 0 radical (unpaired) electrons. The van der Waals surface area contributed by atoms with Crippen molar-refractivity contribution in [2.75, 3.05) is 0 Å². The Morgan fingerprint density at radius 1 is 0.423 bits per heavy atom. The molecule has 252 valence electrons. The van der Waals surface area contributed by atoms with Crippen LogP contribution < -0.4 is 37.3 Å². The molecule has 0 aliphatic carbocycles. The number of rotatable bonds is 5. The summed E-state index contributed by atoms with van der Waals surface area (Å²) in [5, 5.41) is 0. The third-order valence-electron chi connectivity index (χ3n) is 10.8. The molecule has 7 aromatic rings. The number of fused-ring (bicyclic) bond motifs is 2. The van der Waals surface area contributed by atoms with Gasteiger partial charge in [0.1, 0.15) is 7.05 Å². The van der Waals surface area contributed by atoms with Crippen molar-refractivity contribution in [2.45, 2.75) is 48.2 Å². The fraction of sp³-hybridized carbons (Fsp3) is 0.163. The summed E-state index contributed by atoms with van der Waals surface area (Å²) in [6, 6.07) is 39.0. The lowest BCUT2D eigenvalue weighted by atomic mass is 9.20. The van der Waals surface area contributed by atoms with Gasteiger partial charge in [-0.3, -0.25) is 0 Å². The van der Waals surface area contributed by atoms with Crippen LogP contribution >= 0.6 is 0 Å². The van der Waals surface area contributed by atoms with Crippen LogP contribution in [0.15, 0.2) is 134 Å². The molecule has 0 atom stereocenters. The molecular formula is C49H46B2N+. The third-order valence-corrected chi connectivity index (χ3v) is 10.8. The maximum Gasteiger partial charge on any atom is 0.240 e. The topological polar surface area (TPSA) is 3.88 Å². The average molecular weight is 683 g/mol. The van der Waals surface area contributed by atoms with Gasteiger partial charge in [0.05, 0.1) is 0 Å². The van der Waals surface area contributed by atoms with E-state index in [-0.39, 0.29) is 27.7 Å². The smallest absolute Gasteiger partial charge is 0.201 e. The first-order chi connectivity index (χ1) is 29.9. The summed E-state index contributed by atoms with van der Waals surface area (Å²) in [5.74, 6) is 0. The molecule has 0 saturated carbocycles. The van der Waals surface area contributed by atoms with Crippen molar-refractivity contribution in [3.8, 4) is 33.5 Å². The Hall–Kier alpha value is -5.40. The van der Waals surface area contributed by atoms with Crippen LogP contribution in [0.1, 0.15) is 55.4 Å². The molecule has 1 aromatic heterocycles. The second kappa shape index (κ2) is 13.3. The summed E-state index contributed by atoms with van der Waals surface area (Å²) in [4.78, 5) is 0. The van der Waals surface area contributed by atoms with Gasteiger partial charge in [-0.05, 0) is 81.6 Å². The van der Waals surface area contributed by atoms with Gasteiger partial charge >= 0.3 is 0 Å². The van der Waals surface area contributed by atoms with Gasteiger partial charge in [-0.25, -0.2) is 4.57 Å². The molecule has 1 aliphatic rings. The van der Waals surface area contributed by atoms with Crippen LogP contribution in [0.5, 0.6) is 0 Å². The first-order valence-corrected chi connectivity index (χ1v) is 17.6. The van der Waals surface area contributed by atoms with E-state index >= 15 is 0 Å². The number of nitrogens with zero attached hydrogens (tertiary/aromatic N) is 1. The molecule has 3 heteroatoms. The quantitative estimate of drug-likeness (QED) is 0.136. The highest BCUT2D eigenvalue weighted by Crippen LogP contribution is 2.26. The van der Waals surface area contributed by atoms with E-state index in [1.807, 2.05) is 123 Å². The van der Waals surface area contributed by atoms with Gasteiger partial charge in [0, 0.05) is 33.6 Å². The molecular weight excluding hydrogens is 624 g/mol. The van der Waals surface area contributed by atoms with Crippen molar-refractivity contribution in [3.63, 3.8) is 0 Å². The monoisotopic (exact) mass is 682 g/mol. The third kappa shape index (κ3) is 5.73. The van der Waals surface area contributed by atoms with Crippen molar-refractivity contribution < 1.29 is 21.0 Å². The number of pyridine rings is 1. The lowest BCUT2D eigenvalue weighted by Gasteiger charge is -2.35. The summed E-state index contributed by atoms with van der Waals surface area (Å²) in [5.41, 5.74) is 9.94. The maximum absolute atomic E-state index is 9.02. The van der Waals surface area contributed by atoms with Crippen molar-refractivity contribution in [1.82, 2.24) is 0 Å². The second-order valence-corrected chi connectivity index (χ2v) is 14.1. The SMILES string of the molecule is [2H]C([2H])([2H])c1c[n+](C)c(-c2cc3c(cc2C)B(c2c(C)cc(-c4ccccc4)cc2C([2H])([2H])[2H])c2ccccc2B3c2c(C([2H])([2H])[2H])cc(-c3ccccc3)cc2C([2H])([2H])[2H])cc1C. The van der Waals surface area contributed by atoms with Crippen molar-refractivity contribution in [3.05, 3.63) is 173 Å². The Kier molecular flexibility index (Phi) is 5.76. The molecule has 2 heterocycles. The zero-order valence-electron chi connectivity index (χ0n) is 41.8. The zero-order valence-corrected chi connectivity index (χ0v) is 29.8. The Balaban J connectivity index is 1.52. The normalized spacial score (nSPS) is 16.5. The fourth-order valence-electron chi connectivity index (χ4n) is 8.27. The lowest BCUT2D eigenvalue weighted by molar-refractivity contribution is -0.660. The van der Waals surface area contributed by atoms with Crippen LogP contribution in [0, 0.1) is 48.2 Å². The van der Waals surface area contributed by atoms with Gasteiger partial charge in [-0.1, -0.05) is 176 Å². The molecule has 1 nitrogen and oxygen atoms in total. The summed E-state index contributed by atoms with van der Waals surface area (Å²) >= 11 is 0. The Morgan fingerprint density at radius 3 is 1.40 bits per heavy atom. The predicted molar refractivity (Wildman–Crippen MR) is 226 cm³/mol. The lowest BCUT2D eigenvalue weighted by Crippen LogP contribution is -2.76. The maximum atomic E-state index is 9.02. The van der Waals surface area contributed by atoms with E-state index in [1.54, 1.807) is 42.9 Å². The molecule has 1 aliphatic heterocycles. The first-order valence-electron chi connectivity index (χ1n) is 23.6. The highest BCUT2D eigenvalue weighted by atomic mass is 14.9. The molecule has 0 bridgehead atoms. The molecule has 0 saturated heterocycles. The van der Waals surface area contributed by atoms with Gasteiger partial charge < -0.3 is 0 Å². The summed E-state index contributed by atoms with van der Waals surface area (Å²) < 4.78 is 107. The highest BCUT2D eigenvalue weighted by molar-refractivity contribution is 7.11. The van der Waals surface area contributed by atoms with Gasteiger partial charge in [-0.2, -0.15) is 0 Å². The molecule has 0 fully saturated rings. The molecule has 0 unspecified atom stereocenters. The summed E-state index contributed by atoms with van der Waals surface area (Å²) in [6.45, 7) is -6.40. The molecule has 6 aromatic carbocycles. The minimum absolute atomic E-state index is 0.0960. The first kappa shape index (κ1) is 22.5. The van der Waals surface area contributed by atoms with Crippen molar-refractivity contribution >= 4 is 46.2 Å². The molecule has 8 rings (SSSR count). The van der Waals surface area contributed by atoms with E-state index < -0.39 is 40.8 Å². The number of benzene rings is 6. The Labute approximate surface area is 328 Å². The minimum atomic E-state index is -2.76. The standard InChI is InChI=1S/C49H46B2N/c1-31-28-47(52(8)30-37(31)7)42-29-46-45(27-32(42)2)50(48-33(3)23-40(24-34(48)4)38-17-11-9-12-18-38)43-21-15-16-22-44(43)51(46)49-35(5)25-41(26-36(49)6)39-19-13-10-14-20-39/h9-30H,1-8H3/q+1/i3D3,5D3,6D3,7D3. The Bertz CT molecular complexity index is 2900. The summed E-state index contributed by atoms with van der Waals surface area (Å²) in [7, 11) is 1.78. The van der Waals surface area contributed by atoms with Crippen LogP contribution in [0.25, 0.3) is 33.5 Å². The van der Waals surface area contributed by atoms with Crippen LogP contribution in [0.3, 0.4) is 0 Å². The van der Waals surface area contributed by atoms with Crippen LogP contribution in [-0.2, 0) is 7.05 Å². The molecule has 0 spiro atoms. The van der Waals surface area contributed by atoms with Gasteiger partial charge in [0.25, 0.3) is 0 Å². The van der Waals surface area contributed by atoms with E-state index in [0.717, 1.165) is 33.3 Å². The van der Waals surface area contributed by atoms with Crippen molar-refractivity contribution in [2.24, 2.45) is 7.05 Å². The highest BCUT2D eigenvalue weighted by Gasteiger charge is 2.41. The van der Waals surface area contributed by atoms with E-state index in [1.165, 1.54) is 0 Å². The van der Waals surface area contributed by atoms with Gasteiger partial charge in [0.2, 0.25) is 19.1 Å². The average Bonchev–Trinajstić information content (AvgIpc) is 3.22. The van der Waals surface area contributed by atoms with Gasteiger partial charge in [0.15, 0.2) is 6.20 Å². The van der Waals surface area contributed by atoms with Crippen LogP contribution in [0.4, 0.5) is 0 Å². The van der Waals surface area contributed by atoms with E-state index in [0.29, 0.717) is 44.2 Å². The number of aromatic nitrogens is 1. The molecule has 0 N–H and O–H groups in total.